The molecule has 0 radical (unpaired) electrons. The van der Waals surface area contributed by atoms with E-state index in [-0.39, 0.29) is 0 Å². The number of rotatable bonds is 3. The van der Waals surface area contributed by atoms with Gasteiger partial charge in [0.05, 0.1) is 14.2 Å². The highest BCUT2D eigenvalue weighted by Crippen LogP contribution is 2.48. The van der Waals surface area contributed by atoms with E-state index in [4.69, 9.17) is 18.9 Å². The minimum absolute atomic E-state index is 0.299. The van der Waals surface area contributed by atoms with E-state index in [2.05, 4.69) is 38.1 Å². The van der Waals surface area contributed by atoms with Crippen LogP contribution in [-0.2, 0) is 6.42 Å². The highest BCUT2D eigenvalue weighted by atomic mass is 16.7. The lowest BCUT2D eigenvalue weighted by Gasteiger charge is -2.37. The lowest BCUT2D eigenvalue weighted by Crippen LogP contribution is -2.26. The molecular formula is C21H24O4. The zero-order valence-corrected chi connectivity index (χ0v) is 15.2. The molecule has 25 heavy (non-hydrogen) atoms. The summed E-state index contributed by atoms with van der Waals surface area (Å²) >= 11 is 0. The van der Waals surface area contributed by atoms with Crippen molar-refractivity contribution in [2.75, 3.05) is 21.0 Å². The fourth-order valence-electron chi connectivity index (χ4n) is 4.14. The SMILES string of the molecule is COc1ccc([C@@H]2c3cc4c(cc3C[C@H](C)C2C)OCO4)cc1OC. The maximum atomic E-state index is 5.63. The molecule has 0 saturated heterocycles. The Morgan fingerprint density at radius 1 is 0.920 bits per heavy atom. The third kappa shape index (κ3) is 2.60. The third-order valence-corrected chi connectivity index (χ3v) is 5.70. The second kappa shape index (κ2) is 6.17. The first-order chi connectivity index (χ1) is 12.1. The molecule has 0 saturated carbocycles. The number of hydrogen-bond acceptors (Lipinski definition) is 4. The van der Waals surface area contributed by atoms with Gasteiger partial charge < -0.3 is 18.9 Å². The molecule has 4 heteroatoms. The molecule has 2 aromatic rings. The van der Waals surface area contributed by atoms with E-state index in [0.717, 1.165) is 29.4 Å². The zero-order chi connectivity index (χ0) is 17.6. The number of hydrogen-bond donors (Lipinski definition) is 0. The molecule has 4 nitrogen and oxygen atoms in total. The summed E-state index contributed by atoms with van der Waals surface area (Å²) in [5.74, 6) is 4.66. The average Bonchev–Trinajstić information content (AvgIpc) is 3.08. The smallest absolute Gasteiger partial charge is 0.231 e. The van der Waals surface area contributed by atoms with Gasteiger partial charge in [-0.2, -0.15) is 0 Å². The number of fused-ring (bicyclic) bond motifs is 2. The topological polar surface area (TPSA) is 36.9 Å². The van der Waals surface area contributed by atoms with Crippen LogP contribution in [0.25, 0.3) is 0 Å². The van der Waals surface area contributed by atoms with E-state index < -0.39 is 0 Å². The van der Waals surface area contributed by atoms with E-state index in [1.807, 2.05) is 6.07 Å². The quantitative estimate of drug-likeness (QED) is 0.830. The Labute approximate surface area is 148 Å². The van der Waals surface area contributed by atoms with Crippen LogP contribution in [0.3, 0.4) is 0 Å². The van der Waals surface area contributed by atoms with E-state index in [1.54, 1.807) is 14.2 Å². The second-order valence-corrected chi connectivity index (χ2v) is 7.04. The summed E-state index contributed by atoms with van der Waals surface area (Å²) in [5, 5.41) is 0. The minimum atomic E-state index is 0.299. The van der Waals surface area contributed by atoms with E-state index in [1.165, 1.54) is 16.7 Å². The molecule has 132 valence electrons. The van der Waals surface area contributed by atoms with Gasteiger partial charge in [0.25, 0.3) is 0 Å². The number of ether oxygens (including phenoxy) is 4. The maximum Gasteiger partial charge on any atom is 0.231 e. The summed E-state index contributed by atoms with van der Waals surface area (Å²) < 4.78 is 22.1. The molecule has 0 amide bonds. The van der Waals surface area contributed by atoms with Crippen molar-refractivity contribution < 1.29 is 18.9 Å². The van der Waals surface area contributed by atoms with Crippen LogP contribution < -0.4 is 18.9 Å². The van der Waals surface area contributed by atoms with Crippen LogP contribution in [0.1, 0.15) is 36.5 Å². The fraction of sp³-hybridized carbons (Fsp3) is 0.429. The highest BCUT2D eigenvalue weighted by molar-refractivity contribution is 5.54. The summed E-state index contributed by atoms with van der Waals surface area (Å²) in [6, 6.07) is 10.6. The molecule has 0 N–H and O–H groups in total. The van der Waals surface area contributed by atoms with E-state index in [9.17, 15) is 0 Å². The van der Waals surface area contributed by atoms with Gasteiger partial charge in [0.2, 0.25) is 6.79 Å². The lowest BCUT2D eigenvalue weighted by atomic mass is 9.68. The zero-order valence-electron chi connectivity index (χ0n) is 15.2. The number of benzene rings is 2. The van der Waals surface area contributed by atoms with Gasteiger partial charge in [-0.25, -0.2) is 0 Å². The molecule has 2 aliphatic rings. The summed E-state index contributed by atoms with van der Waals surface area (Å²) in [6.45, 7) is 4.97. The normalized spacial score (nSPS) is 23.9. The molecule has 0 bridgehead atoms. The average molecular weight is 340 g/mol. The monoisotopic (exact) mass is 340 g/mol. The Hall–Kier alpha value is -2.36. The van der Waals surface area contributed by atoms with Gasteiger partial charge in [-0.05, 0) is 59.2 Å². The molecule has 1 aliphatic carbocycles. The van der Waals surface area contributed by atoms with Crippen molar-refractivity contribution in [1.82, 2.24) is 0 Å². The molecule has 3 atom stereocenters. The summed E-state index contributed by atoms with van der Waals surface area (Å²) in [5.41, 5.74) is 3.94. The Bertz CT molecular complexity index is 799. The Kier molecular flexibility index (Phi) is 3.98. The minimum Gasteiger partial charge on any atom is -0.493 e. The van der Waals surface area contributed by atoms with Gasteiger partial charge in [0, 0.05) is 5.92 Å². The van der Waals surface area contributed by atoms with Gasteiger partial charge >= 0.3 is 0 Å². The van der Waals surface area contributed by atoms with Gasteiger partial charge in [-0.1, -0.05) is 19.9 Å². The predicted molar refractivity (Wildman–Crippen MR) is 96.0 cm³/mol. The van der Waals surface area contributed by atoms with Crippen molar-refractivity contribution in [2.45, 2.75) is 26.2 Å². The molecule has 0 aromatic heterocycles. The molecule has 1 aliphatic heterocycles. The number of methoxy groups -OCH3 is 2. The first-order valence-corrected chi connectivity index (χ1v) is 8.76. The maximum absolute atomic E-state index is 5.63. The predicted octanol–water partition coefficient (Wildman–Crippen LogP) is 4.39. The van der Waals surface area contributed by atoms with Crippen LogP contribution in [0, 0.1) is 11.8 Å². The standard InChI is InChI=1S/C21H24O4/c1-12-7-15-9-19-20(25-11-24-19)10-16(15)21(13(12)2)14-5-6-17(22-3)18(8-14)23-4/h5-6,8-10,12-13,21H,7,11H2,1-4H3/t12-,13?,21+/m0/s1. The Morgan fingerprint density at radius 2 is 1.64 bits per heavy atom. The third-order valence-electron chi connectivity index (χ3n) is 5.70. The van der Waals surface area contributed by atoms with Crippen molar-refractivity contribution in [3.05, 3.63) is 47.0 Å². The molecule has 0 fully saturated rings. The van der Waals surface area contributed by atoms with Gasteiger partial charge in [-0.15, -0.1) is 0 Å². The van der Waals surface area contributed by atoms with Gasteiger partial charge in [0.1, 0.15) is 0 Å². The van der Waals surface area contributed by atoms with Crippen molar-refractivity contribution >= 4 is 0 Å². The molecule has 0 spiro atoms. The van der Waals surface area contributed by atoms with Crippen LogP contribution in [0.5, 0.6) is 23.0 Å². The molecule has 2 aromatic carbocycles. The molecular weight excluding hydrogens is 316 g/mol. The van der Waals surface area contributed by atoms with Crippen LogP contribution >= 0.6 is 0 Å². The van der Waals surface area contributed by atoms with Gasteiger partial charge in [-0.3, -0.25) is 0 Å². The molecule has 1 unspecified atom stereocenters. The first-order valence-electron chi connectivity index (χ1n) is 8.76. The summed E-state index contributed by atoms with van der Waals surface area (Å²) in [4.78, 5) is 0. The fourth-order valence-corrected chi connectivity index (χ4v) is 4.14. The van der Waals surface area contributed by atoms with Crippen LogP contribution in [0.15, 0.2) is 30.3 Å². The van der Waals surface area contributed by atoms with Crippen molar-refractivity contribution in [3.8, 4) is 23.0 Å². The second-order valence-electron chi connectivity index (χ2n) is 7.04. The van der Waals surface area contributed by atoms with Gasteiger partial charge in [0.15, 0.2) is 23.0 Å². The largest absolute Gasteiger partial charge is 0.493 e. The van der Waals surface area contributed by atoms with Crippen LogP contribution in [0.2, 0.25) is 0 Å². The highest BCUT2D eigenvalue weighted by Gasteiger charge is 2.35. The van der Waals surface area contributed by atoms with E-state index in [0.29, 0.717) is 24.5 Å². The van der Waals surface area contributed by atoms with Crippen molar-refractivity contribution in [3.63, 3.8) is 0 Å². The first kappa shape index (κ1) is 16.1. The van der Waals surface area contributed by atoms with Crippen LogP contribution in [-0.4, -0.2) is 21.0 Å². The Morgan fingerprint density at radius 3 is 2.36 bits per heavy atom. The molecule has 1 heterocycles. The lowest BCUT2D eigenvalue weighted by molar-refractivity contribution is 0.174. The van der Waals surface area contributed by atoms with Crippen LogP contribution in [0.4, 0.5) is 0 Å². The summed E-state index contributed by atoms with van der Waals surface area (Å²) in [6.07, 6.45) is 1.07. The molecule has 4 rings (SSSR count). The van der Waals surface area contributed by atoms with E-state index >= 15 is 0 Å². The Balaban J connectivity index is 1.84. The van der Waals surface area contributed by atoms with Crippen molar-refractivity contribution in [1.29, 1.82) is 0 Å². The van der Waals surface area contributed by atoms with Crippen molar-refractivity contribution in [2.24, 2.45) is 11.8 Å². The summed E-state index contributed by atoms with van der Waals surface area (Å²) in [7, 11) is 3.35.